The van der Waals surface area contributed by atoms with Gasteiger partial charge in [-0.15, -0.1) is 0 Å². The smallest absolute Gasteiger partial charge is 0.256 e. The van der Waals surface area contributed by atoms with E-state index in [1.807, 2.05) is 42.2 Å². The Bertz CT molecular complexity index is 1320. The van der Waals surface area contributed by atoms with Gasteiger partial charge in [0, 0.05) is 36.6 Å². The summed E-state index contributed by atoms with van der Waals surface area (Å²) in [6.07, 6.45) is 4.19. The number of fused-ring (bicyclic) bond motifs is 2. The zero-order chi connectivity index (χ0) is 21.8. The third-order valence-corrected chi connectivity index (χ3v) is 6.78. The summed E-state index contributed by atoms with van der Waals surface area (Å²) < 4.78 is 5.51. The second-order valence-corrected chi connectivity index (χ2v) is 8.94. The molecule has 2 atom stereocenters. The molecule has 0 saturated carbocycles. The van der Waals surface area contributed by atoms with Crippen LogP contribution in [0.2, 0.25) is 5.02 Å². The summed E-state index contributed by atoms with van der Waals surface area (Å²) >= 11 is 6.08. The van der Waals surface area contributed by atoms with Crippen LogP contribution in [0.1, 0.15) is 22.3 Å². The maximum Gasteiger partial charge on any atom is 0.256 e. The highest BCUT2D eigenvalue weighted by atomic mass is 35.5. The topological polar surface area (TPSA) is 80.3 Å². The van der Waals surface area contributed by atoms with Crippen LogP contribution in [0.5, 0.6) is 0 Å². The molecule has 0 unspecified atom stereocenters. The zero-order valence-electron chi connectivity index (χ0n) is 17.5. The molecule has 2 aliphatic heterocycles. The average molecular weight is 449 g/mol. The molecule has 8 nitrogen and oxygen atoms in total. The van der Waals surface area contributed by atoms with Gasteiger partial charge in [-0.2, -0.15) is 15.0 Å². The van der Waals surface area contributed by atoms with Crippen LogP contribution in [0.4, 0.5) is 5.82 Å². The Hall–Kier alpha value is -3.39. The van der Waals surface area contributed by atoms with E-state index >= 15 is 0 Å². The van der Waals surface area contributed by atoms with E-state index in [0.717, 1.165) is 36.3 Å². The van der Waals surface area contributed by atoms with Crippen LogP contribution in [0.25, 0.3) is 16.7 Å². The van der Waals surface area contributed by atoms with E-state index in [9.17, 15) is 4.79 Å². The Kier molecular flexibility index (Phi) is 4.43. The number of halogens is 1. The van der Waals surface area contributed by atoms with E-state index < -0.39 is 0 Å². The highest BCUT2D eigenvalue weighted by molar-refractivity contribution is 6.31. The summed E-state index contributed by atoms with van der Waals surface area (Å²) in [5.41, 5.74) is 3.01. The minimum atomic E-state index is 0.00286. The first-order chi connectivity index (χ1) is 15.6. The maximum absolute atomic E-state index is 13.6. The van der Waals surface area contributed by atoms with E-state index in [1.165, 1.54) is 4.80 Å². The molecule has 4 heterocycles. The van der Waals surface area contributed by atoms with E-state index in [0.29, 0.717) is 34.3 Å². The van der Waals surface area contributed by atoms with Gasteiger partial charge in [-0.3, -0.25) is 4.79 Å². The molecular weight excluding hydrogens is 428 g/mol. The monoisotopic (exact) mass is 448 g/mol. The van der Waals surface area contributed by atoms with E-state index in [2.05, 4.69) is 20.3 Å². The van der Waals surface area contributed by atoms with Gasteiger partial charge in [-0.05, 0) is 37.6 Å². The third kappa shape index (κ3) is 3.05. The van der Waals surface area contributed by atoms with Crippen LogP contribution < -0.4 is 4.90 Å². The van der Waals surface area contributed by atoms with Crippen LogP contribution in [0.3, 0.4) is 0 Å². The first-order valence-electron chi connectivity index (χ1n) is 10.7. The number of hydrogen-bond acceptors (Lipinski definition) is 6. The summed E-state index contributed by atoms with van der Waals surface area (Å²) in [5, 5.41) is 14.3. The van der Waals surface area contributed by atoms with Crippen LogP contribution >= 0.6 is 11.6 Å². The number of likely N-dealkylation sites (tertiary alicyclic amines) is 1. The van der Waals surface area contributed by atoms with Crippen molar-refractivity contribution in [3.8, 4) is 5.69 Å². The van der Waals surface area contributed by atoms with Gasteiger partial charge in [-0.1, -0.05) is 28.4 Å². The molecule has 6 rings (SSSR count). The highest BCUT2D eigenvalue weighted by Crippen LogP contribution is 2.40. The highest BCUT2D eigenvalue weighted by Gasteiger charge is 2.45. The molecule has 0 aliphatic carbocycles. The van der Waals surface area contributed by atoms with E-state index in [4.69, 9.17) is 16.1 Å². The van der Waals surface area contributed by atoms with Crippen molar-refractivity contribution in [2.75, 3.05) is 24.5 Å². The molecule has 32 heavy (non-hydrogen) atoms. The number of nitrogens with zero attached hydrogens (tertiary/aromatic N) is 6. The van der Waals surface area contributed by atoms with Crippen molar-refractivity contribution in [1.29, 1.82) is 0 Å². The van der Waals surface area contributed by atoms with Crippen LogP contribution in [0.15, 0.2) is 53.3 Å². The first-order valence-corrected chi connectivity index (χ1v) is 11.0. The van der Waals surface area contributed by atoms with Crippen molar-refractivity contribution in [1.82, 2.24) is 25.1 Å². The molecule has 0 spiro atoms. The predicted octanol–water partition coefficient (Wildman–Crippen LogP) is 3.72. The fraction of sp³-hybridized carbons (Fsp3) is 0.304. The fourth-order valence-corrected chi connectivity index (χ4v) is 5.00. The van der Waals surface area contributed by atoms with Gasteiger partial charge in [0.05, 0.1) is 35.1 Å². The lowest BCUT2D eigenvalue weighted by atomic mass is 9.82. The van der Waals surface area contributed by atoms with Gasteiger partial charge in [0.1, 0.15) is 0 Å². The van der Waals surface area contributed by atoms with Crippen molar-refractivity contribution in [2.24, 2.45) is 5.92 Å². The van der Waals surface area contributed by atoms with Crippen LogP contribution in [-0.2, 0) is 0 Å². The molecule has 2 saturated heterocycles. The Morgan fingerprint density at radius 1 is 1.12 bits per heavy atom. The fourth-order valence-electron chi connectivity index (χ4n) is 4.84. The second-order valence-electron chi connectivity index (χ2n) is 8.51. The summed E-state index contributed by atoms with van der Waals surface area (Å²) in [4.78, 5) is 19.3. The minimum absolute atomic E-state index is 0.00286. The lowest BCUT2D eigenvalue weighted by Crippen LogP contribution is -2.65. The van der Waals surface area contributed by atoms with Crippen LogP contribution in [-0.4, -0.2) is 56.6 Å². The molecule has 2 aliphatic rings. The molecular formula is C23H21ClN6O2. The molecule has 9 heteroatoms. The molecule has 2 aromatic carbocycles. The number of amides is 1. The number of anilines is 1. The third-order valence-electron chi connectivity index (χ3n) is 6.54. The Labute approximate surface area is 189 Å². The molecule has 2 fully saturated rings. The Morgan fingerprint density at radius 2 is 1.97 bits per heavy atom. The van der Waals surface area contributed by atoms with Gasteiger partial charge < -0.3 is 14.3 Å². The summed E-state index contributed by atoms with van der Waals surface area (Å²) in [6, 6.07) is 11.6. The zero-order valence-corrected chi connectivity index (χ0v) is 18.2. The molecule has 162 valence electrons. The molecule has 0 radical (unpaired) electrons. The summed E-state index contributed by atoms with van der Waals surface area (Å²) in [6.45, 7) is 4.29. The minimum Gasteiger partial charge on any atom is -0.354 e. The van der Waals surface area contributed by atoms with Crippen molar-refractivity contribution >= 4 is 34.3 Å². The number of hydrogen-bond donors (Lipinski definition) is 0. The number of rotatable bonds is 3. The van der Waals surface area contributed by atoms with Crippen molar-refractivity contribution < 1.29 is 9.32 Å². The lowest BCUT2D eigenvalue weighted by Gasteiger charge is -2.53. The quantitative estimate of drug-likeness (QED) is 0.475. The van der Waals surface area contributed by atoms with Crippen molar-refractivity contribution in [2.45, 2.75) is 19.4 Å². The van der Waals surface area contributed by atoms with Gasteiger partial charge in [0.2, 0.25) is 0 Å². The van der Waals surface area contributed by atoms with Crippen LogP contribution in [0, 0.1) is 12.8 Å². The lowest BCUT2D eigenvalue weighted by molar-refractivity contribution is 0.0590. The van der Waals surface area contributed by atoms with E-state index in [1.54, 1.807) is 18.5 Å². The Morgan fingerprint density at radius 3 is 2.81 bits per heavy atom. The molecule has 0 bridgehead atoms. The van der Waals surface area contributed by atoms with Gasteiger partial charge in [-0.25, -0.2) is 0 Å². The first kappa shape index (κ1) is 19.3. The van der Waals surface area contributed by atoms with Gasteiger partial charge >= 0.3 is 0 Å². The number of aryl methyl sites for hydroxylation is 1. The van der Waals surface area contributed by atoms with Gasteiger partial charge in [0.15, 0.2) is 11.4 Å². The second kappa shape index (κ2) is 7.34. The largest absolute Gasteiger partial charge is 0.354 e. The summed E-state index contributed by atoms with van der Waals surface area (Å²) in [5.74, 6) is 1.37. The maximum atomic E-state index is 13.6. The molecule has 4 aromatic rings. The number of carbonyl (C=O) groups excluding carboxylic acids is 1. The number of aromatic nitrogens is 4. The Balaban J connectivity index is 1.28. The standard InChI is InChI=1S/C23H21ClN6O2/c1-14-2-5-19(30-25-7-8-26-30)18(10-14)23(31)28-9-6-15-12-29(20(15)13-28)22-17-4-3-16(24)11-21(17)32-27-22/h2-5,7-8,10-11,15,20H,6,9,12-13H2,1H3/t15-,20-/m0/s1. The number of piperidine rings is 1. The summed E-state index contributed by atoms with van der Waals surface area (Å²) in [7, 11) is 0. The molecule has 1 amide bonds. The average Bonchev–Trinajstić information content (AvgIpc) is 3.44. The molecule has 2 aromatic heterocycles. The number of carbonyl (C=O) groups is 1. The number of benzene rings is 2. The SMILES string of the molecule is Cc1ccc(-n2nccn2)c(C(=O)N2CC[C@H]3CN(c4noc5cc(Cl)ccc45)[C@H]3C2)c1. The molecule has 0 N–H and O–H groups in total. The van der Waals surface area contributed by atoms with E-state index in [-0.39, 0.29) is 11.9 Å². The van der Waals surface area contributed by atoms with Crippen molar-refractivity contribution in [3.63, 3.8) is 0 Å². The predicted molar refractivity (Wildman–Crippen MR) is 120 cm³/mol. The normalized spacial score (nSPS) is 20.3. The van der Waals surface area contributed by atoms with Gasteiger partial charge in [0.25, 0.3) is 5.91 Å². The van der Waals surface area contributed by atoms with Crippen molar-refractivity contribution in [3.05, 3.63) is 64.9 Å².